The third-order valence-electron chi connectivity index (χ3n) is 5.74. The number of amides is 1. The number of benzene rings is 1. The fourth-order valence-corrected chi connectivity index (χ4v) is 5.15. The molecule has 3 aromatic rings. The number of fused-ring (bicyclic) bond motifs is 1. The summed E-state index contributed by atoms with van der Waals surface area (Å²) in [6.45, 7) is 2.42. The van der Waals surface area contributed by atoms with Gasteiger partial charge in [-0.05, 0) is 32.4 Å². The first-order valence-electron chi connectivity index (χ1n) is 11.0. The molecular formula is C22H25F3N6O3S. The molecule has 0 aliphatic heterocycles. The van der Waals surface area contributed by atoms with Gasteiger partial charge in [-0.3, -0.25) is 4.79 Å². The van der Waals surface area contributed by atoms with Gasteiger partial charge in [-0.25, -0.2) is 9.97 Å². The number of alkyl halides is 3. The Bertz CT molecular complexity index is 1190. The van der Waals surface area contributed by atoms with E-state index in [2.05, 4.69) is 30.9 Å². The summed E-state index contributed by atoms with van der Waals surface area (Å²) in [4.78, 5) is 25.4. The van der Waals surface area contributed by atoms with Gasteiger partial charge in [-0.2, -0.15) is 18.2 Å². The van der Waals surface area contributed by atoms with Crippen LogP contribution >= 0.6 is 11.3 Å². The van der Waals surface area contributed by atoms with Crippen molar-refractivity contribution in [2.45, 2.75) is 44.7 Å². The molecule has 2 aromatic heterocycles. The number of hydrogen-bond acceptors (Lipinski definition) is 9. The number of halogens is 3. The SMILES string of the molecule is CCNC(=O)C1CC(Nc2nc(NCC(F)(F)F)nc(C)c2-c2nc3ccccc3s2)C(O)C1O. The number of nitrogens with zero attached hydrogens (tertiary/aromatic N) is 3. The number of para-hydroxylation sites is 1. The number of anilines is 2. The highest BCUT2D eigenvalue weighted by atomic mass is 32.1. The molecule has 4 atom stereocenters. The van der Waals surface area contributed by atoms with Crippen LogP contribution in [-0.4, -0.2) is 68.6 Å². The molecule has 5 N–H and O–H groups in total. The summed E-state index contributed by atoms with van der Waals surface area (Å²) >= 11 is 1.37. The molecule has 0 spiro atoms. The molecule has 2 heterocycles. The van der Waals surface area contributed by atoms with E-state index >= 15 is 0 Å². The Kier molecular flexibility index (Phi) is 7.10. The largest absolute Gasteiger partial charge is 0.405 e. The number of aliphatic hydroxyl groups excluding tert-OH is 2. The maximum Gasteiger partial charge on any atom is 0.405 e. The highest BCUT2D eigenvalue weighted by Gasteiger charge is 2.45. The minimum Gasteiger partial charge on any atom is -0.390 e. The minimum absolute atomic E-state index is 0.0990. The van der Waals surface area contributed by atoms with Crippen LogP contribution in [0.2, 0.25) is 0 Å². The van der Waals surface area contributed by atoms with Gasteiger partial charge in [-0.1, -0.05) is 12.1 Å². The Morgan fingerprint density at radius 1 is 1.17 bits per heavy atom. The highest BCUT2D eigenvalue weighted by Crippen LogP contribution is 2.38. The molecule has 1 aliphatic carbocycles. The molecule has 0 bridgehead atoms. The molecule has 1 aliphatic rings. The summed E-state index contributed by atoms with van der Waals surface area (Å²) in [6, 6.07) is 6.67. The lowest BCUT2D eigenvalue weighted by Gasteiger charge is -2.21. The second-order valence-corrected chi connectivity index (χ2v) is 9.31. The molecular weight excluding hydrogens is 485 g/mol. The summed E-state index contributed by atoms with van der Waals surface area (Å²) in [5.41, 5.74) is 1.58. The molecule has 4 rings (SSSR count). The second kappa shape index (κ2) is 9.91. The topological polar surface area (TPSA) is 132 Å². The average molecular weight is 511 g/mol. The first kappa shape index (κ1) is 25.1. The van der Waals surface area contributed by atoms with Crippen LogP contribution in [0.15, 0.2) is 24.3 Å². The monoisotopic (exact) mass is 510 g/mol. The van der Waals surface area contributed by atoms with Crippen molar-refractivity contribution in [3.8, 4) is 10.6 Å². The Balaban J connectivity index is 1.71. The van der Waals surface area contributed by atoms with E-state index in [4.69, 9.17) is 0 Å². The van der Waals surface area contributed by atoms with Crippen LogP contribution in [-0.2, 0) is 4.79 Å². The van der Waals surface area contributed by atoms with E-state index in [1.807, 2.05) is 24.3 Å². The van der Waals surface area contributed by atoms with E-state index in [-0.39, 0.29) is 24.1 Å². The maximum absolute atomic E-state index is 12.8. The van der Waals surface area contributed by atoms with E-state index < -0.39 is 36.9 Å². The molecule has 9 nitrogen and oxygen atoms in total. The van der Waals surface area contributed by atoms with E-state index in [1.54, 1.807) is 13.8 Å². The van der Waals surface area contributed by atoms with Crippen LogP contribution in [0.5, 0.6) is 0 Å². The van der Waals surface area contributed by atoms with Crippen LogP contribution < -0.4 is 16.0 Å². The zero-order chi connectivity index (χ0) is 25.3. The minimum atomic E-state index is -4.47. The van der Waals surface area contributed by atoms with Crippen molar-refractivity contribution in [1.29, 1.82) is 0 Å². The van der Waals surface area contributed by atoms with Crippen molar-refractivity contribution in [3.63, 3.8) is 0 Å². The maximum atomic E-state index is 12.8. The first-order valence-corrected chi connectivity index (χ1v) is 11.8. The normalized spacial score (nSPS) is 22.4. The fourth-order valence-electron chi connectivity index (χ4n) is 4.09. The van der Waals surface area contributed by atoms with Crippen LogP contribution in [0.1, 0.15) is 19.0 Å². The standard InChI is InChI=1S/C22H25F3N6O3S/c1-3-26-19(34)11-8-13(17(33)16(11)32)29-18-15(20-30-12-6-4-5-7-14(12)35-20)10(2)28-21(31-18)27-9-22(23,24)25/h4-7,11,13,16-17,32-33H,3,8-9H2,1-2H3,(H,26,34)(H2,27,28,29,31). The van der Waals surface area contributed by atoms with Crippen LogP contribution in [0.3, 0.4) is 0 Å². The van der Waals surface area contributed by atoms with Crippen molar-refractivity contribution >= 4 is 39.2 Å². The number of nitrogens with one attached hydrogen (secondary N) is 3. The van der Waals surface area contributed by atoms with Crippen LogP contribution in [0, 0.1) is 12.8 Å². The lowest BCUT2D eigenvalue weighted by atomic mass is 10.0. The number of carbonyl (C=O) groups is 1. The third kappa shape index (κ3) is 5.46. The predicted octanol–water partition coefficient (Wildman–Crippen LogP) is 2.69. The number of aliphatic hydroxyl groups is 2. The Hall–Kier alpha value is -3.03. The van der Waals surface area contributed by atoms with E-state index in [0.717, 1.165) is 10.2 Å². The van der Waals surface area contributed by atoms with E-state index in [1.165, 1.54) is 11.3 Å². The molecule has 4 unspecified atom stereocenters. The molecule has 35 heavy (non-hydrogen) atoms. The van der Waals surface area contributed by atoms with Gasteiger partial charge in [0, 0.05) is 6.54 Å². The summed E-state index contributed by atoms with van der Waals surface area (Å²) in [6.07, 6.45) is -6.98. The number of hydrogen-bond donors (Lipinski definition) is 5. The second-order valence-electron chi connectivity index (χ2n) is 8.28. The number of thiazole rings is 1. The van der Waals surface area contributed by atoms with Gasteiger partial charge in [0.25, 0.3) is 0 Å². The van der Waals surface area contributed by atoms with Gasteiger partial charge in [0.15, 0.2) is 0 Å². The molecule has 188 valence electrons. The molecule has 13 heteroatoms. The number of carbonyl (C=O) groups excluding carboxylic acids is 1. The quantitative estimate of drug-likeness (QED) is 0.328. The molecule has 1 amide bonds. The number of aryl methyl sites for hydroxylation is 1. The highest BCUT2D eigenvalue weighted by molar-refractivity contribution is 7.21. The Labute approximate surface area is 202 Å². The first-order chi connectivity index (χ1) is 16.6. The van der Waals surface area contributed by atoms with Gasteiger partial charge in [0.05, 0.1) is 39.5 Å². The molecule has 1 saturated carbocycles. The zero-order valence-corrected chi connectivity index (χ0v) is 19.7. The lowest BCUT2D eigenvalue weighted by molar-refractivity contribution is -0.128. The van der Waals surface area contributed by atoms with Gasteiger partial charge in [-0.15, -0.1) is 11.3 Å². The number of rotatable bonds is 7. The van der Waals surface area contributed by atoms with Crippen LogP contribution in [0.25, 0.3) is 20.8 Å². The fraction of sp³-hybridized carbons (Fsp3) is 0.455. The predicted molar refractivity (Wildman–Crippen MR) is 126 cm³/mol. The summed E-state index contributed by atoms with van der Waals surface area (Å²) < 4.78 is 39.2. The molecule has 0 saturated heterocycles. The van der Waals surface area contributed by atoms with Crippen molar-refractivity contribution in [2.75, 3.05) is 23.7 Å². The van der Waals surface area contributed by atoms with Gasteiger partial charge in [0.2, 0.25) is 11.9 Å². The lowest BCUT2D eigenvalue weighted by Crippen LogP contribution is -2.39. The average Bonchev–Trinajstić information content (AvgIpc) is 3.33. The Morgan fingerprint density at radius 3 is 2.60 bits per heavy atom. The van der Waals surface area contributed by atoms with Crippen molar-refractivity contribution in [1.82, 2.24) is 20.3 Å². The van der Waals surface area contributed by atoms with Crippen molar-refractivity contribution in [3.05, 3.63) is 30.0 Å². The molecule has 1 aromatic carbocycles. The van der Waals surface area contributed by atoms with Crippen molar-refractivity contribution in [2.24, 2.45) is 5.92 Å². The third-order valence-corrected chi connectivity index (χ3v) is 6.79. The molecule has 1 fully saturated rings. The van der Waals surface area contributed by atoms with Gasteiger partial charge >= 0.3 is 6.18 Å². The van der Waals surface area contributed by atoms with E-state index in [9.17, 15) is 28.2 Å². The molecule has 0 radical (unpaired) electrons. The summed E-state index contributed by atoms with van der Waals surface area (Å²) in [5.74, 6) is -1.34. The van der Waals surface area contributed by atoms with E-state index in [0.29, 0.717) is 22.8 Å². The summed E-state index contributed by atoms with van der Waals surface area (Å²) in [5, 5.41) is 29.5. The van der Waals surface area contributed by atoms with Crippen LogP contribution in [0.4, 0.5) is 24.9 Å². The smallest absolute Gasteiger partial charge is 0.390 e. The summed E-state index contributed by atoms with van der Waals surface area (Å²) in [7, 11) is 0. The van der Waals surface area contributed by atoms with Crippen molar-refractivity contribution < 1.29 is 28.2 Å². The number of aromatic nitrogens is 3. The zero-order valence-electron chi connectivity index (χ0n) is 18.9. The van der Waals surface area contributed by atoms with Gasteiger partial charge < -0.3 is 26.2 Å². The Morgan fingerprint density at radius 2 is 1.91 bits per heavy atom. The van der Waals surface area contributed by atoms with Gasteiger partial charge in [0.1, 0.15) is 23.5 Å².